The summed E-state index contributed by atoms with van der Waals surface area (Å²) in [4.78, 5) is 44.0. The van der Waals surface area contributed by atoms with Crippen LogP contribution in [0.25, 0.3) is 0 Å². The van der Waals surface area contributed by atoms with E-state index in [1.165, 1.54) is 7.11 Å². The van der Waals surface area contributed by atoms with Crippen molar-refractivity contribution in [3.05, 3.63) is 36.0 Å². The van der Waals surface area contributed by atoms with Crippen molar-refractivity contribution in [1.82, 2.24) is 15.1 Å². The first kappa shape index (κ1) is 37.8. The Morgan fingerprint density at radius 3 is 2.05 bits per heavy atom. The number of allylic oxidation sites excluding steroid dienone is 1. The van der Waals surface area contributed by atoms with Gasteiger partial charge in [-0.2, -0.15) is 0 Å². The van der Waals surface area contributed by atoms with Gasteiger partial charge in [-0.1, -0.05) is 54.5 Å². The van der Waals surface area contributed by atoms with Gasteiger partial charge in [-0.05, 0) is 36.8 Å². The van der Waals surface area contributed by atoms with Gasteiger partial charge in [-0.3, -0.25) is 14.4 Å². The Bertz CT molecular complexity index is 1070. The van der Waals surface area contributed by atoms with Crippen LogP contribution in [0.2, 0.25) is 0 Å². The fourth-order valence-corrected chi connectivity index (χ4v) is 5.22. The molecule has 43 heavy (non-hydrogen) atoms. The number of likely N-dealkylation sites (N-methyl/N-ethyl adjacent to an activating group) is 2. The van der Waals surface area contributed by atoms with Gasteiger partial charge in [0.15, 0.2) is 0 Å². The third-order valence-electron chi connectivity index (χ3n) is 8.11. The summed E-state index contributed by atoms with van der Waals surface area (Å²) in [7, 11) is 8.17. The van der Waals surface area contributed by atoms with Crippen molar-refractivity contribution in [3.8, 4) is 11.5 Å². The zero-order valence-electron chi connectivity index (χ0n) is 28.4. The highest BCUT2D eigenvalue weighted by molar-refractivity contribution is 5.90. The van der Waals surface area contributed by atoms with Crippen LogP contribution in [0.4, 0.5) is 0 Å². The Morgan fingerprint density at radius 1 is 0.953 bits per heavy atom. The molecule has 0 bridgehead atoms. The molecule has 1 N–H and O–H groups in total. The van der Waals surface area contributed by atoms with Crippen molar-refractivity contribution >= 4 is 17.8 Å². The Hall–Kier alpha value is -3.27. The van der Waals surface area contributed by atoms with E-state index in [9.17, 15) is 14.4 Å². The van der Waals surface area contributed by atoms with Gasteiger partial charge >= 0.3 is 5.97 Å². The van der Waals surface area contributed by atoms with Crippen molar-refractivity contribution in [2.45, 2.75) is 92.1 Å². The molecule has 244 valence electrons. The molecule has 1 aromatic carbocycles. The molecule has 10 nitrogen and oxygen atoms in total. The van der Waals surface area contributed by atoms with Crippen LogP contribution in [0, 0.1) is 17.8 Å². The number of hydrogen-bond acceptors (Lipinski definition) is 8. The fourth-order valence-electron chi connectivity index (χ4n) is 5.22. The van der Waals surface area contributed by atoms with Crippen molar-refractivity contribution in [2.75, 3.05) is 35.4 Å². The van der Waals surface area contributed by atoms with Gasteiger partial charge in [-0.15, -0.1) is 0 Å². The van der Waals surface area contributed by atoms with Crippen molar-refractivity contribution in [1.29, 1.82) is 0 Å². The first-order valence-electron chi connectivity index (χ1n) is 15.0. The molecule has 0 saturated heterocycles. The van der Waals surface area contributed by atoms with E-state index in [2.05, 4.69) is 11.9 Å². The molecule has 0 heterocycles. The van der Waals surface area contributed by atoms with E-state index in [0.717, 1.165) is 12.1 Å². The third-order valence-corrected chi connectivity index (χ3v) is 8.11. The minimum absolute atomic E-state index is 0.00280. The minimum Gasteiger partial charge on any atom is -0.497 e. The molecule has 5 atom stereocenters. The molecule has 0 aliphatic rings. The molecule has 0 fully saturated rings. The molecule has 0 aliphatic heterocycles. The Balaban J connectivity index is 3.16. The Kier molecular flexibility index (Phi) is 15.6. The summed E-state index contributed by atoms with van der Waals surface area (Å²) in [6, 6.07) is 3.59. The number of carbonyl (C=O) groups is 3. The summed E-state index contributed by atoms with van der Waals surface area (Å²) in [5.41, 5.74) is 1.46. The number of hydrogen-bond donors (Lipinski definition) is 1. The predicted octanol–water partition coefficient (Wildman–Crippen LogP) is 4.66. The standard InChI is InChI=1S/C33H55N3O7/c1-14-23(8)31(27(42-13)18-28(37)43-19-24-15-16-25(40-11)17-26(24)41-12)36(10)33(39)29(20(2)3)34-32(38)30(21(4)5)35(9)22(6)7/h15-17,20-21,23,27,29-31H,6,14,18-19H2,1-5,7-13H3,(H,34,38)/t23-,27+,29-,30-,31-/m0/s1. The molecule has 1 rings (SSSR count). The normalized spacial score (nSPS) is 14.7. The maximum Gasteiger partial charge on any atom is 0.308 e. The molecule has 10 heteroatoms. The molecular weight excluding hydrogens is 550 g/mol. The van der Waals surface area contributed by atoms with Crippen molar-refractivity contribution in [3.63, 3.8) is 0 Å². The zero-order chi connectivity index (χ0) is 33.0. The molecule has 0 saturated carbocycles. The SMILES string of the molecule is C=C(C)N(C)[C@H](C(=O)N[C@H](C(=O)N(C)[C@@H]([C@@H](C)CC)[C@@H](CC(=O)OCc1ccc(OC)cc1OC)OC)C(C)C)C(C)C. The predicted molar refractivity (Wildman–Crippen MR) is 169 cm³/mol. The number of benzene rings is 1. The fraction of sp³-hybridized carbons (Fsp3) is 0.667. The highest BCUT2D eigenvalue weighted by Gasteiger charge is 2.39. The van der Waals surface area contributed by atoms with Gasteiger partial charge in [0, 0.05) is 38.5 Å². The van der Waals surface area contributed by atoms with E-state index in [0.29, 0.717) is 17.1 Å². The van der Waals surface area contributed by atoms with Gasteiger partial charge in [0.25, 0.3) is 0 Å². The van der Waals surface area contributed by atoms with Gasteiger partial charge < -0.3 is 34.1 Å². The average molecular weight is 606 g/mol. The lowest BCUT2D eigenvalue weighted by Crippen LogP contribution is -2.59. The summed E-state index contributed by atoms with van der Waals surface area (Å²) in [5, 5.41) is 3.02. The van der Waals surface area contributed by atoms with Crippen molar-refractivity contribution < 1.29 is 33.3 Å². The van der Waals surface area contributed by atoms with E-state index < -0.39 is 30.2 Å². The lowest BCUT2D eigenvalue weighted by Gasteiger charge is -2.40. The largest absolute Gasteiger partial charge is 0.497 e. The van der Waals surface area contributed by atoms with Crippen LogP contribution in [0.5, 0.6) is 11.5 Å². The number of nitrogens with zero attached hydrogens (tertiary/aromatic N) is 2. The van der Waals surface area contributed by atoms with Gasteiger partial charge in [0.05, 0.1) is 32.8 Å². The van der Waals surface area contributed by atoms with E-state index in [-0.39, 0.29) is 42.6 Å². The van der Waals surface area contributed by atoms with E-state index in [1.54, 1.807) is 44.4 Å². The van der Waals surface area contributed by atoms with Gasteiger partial charge in [-0.25, -0.2) is 0 Å². The zero-order valence-corrected chi connectivity index (χ0v) is 28.4. The molecule has 0 aliphatic carbocycles. The van der Waals surface area contributed by atoms with Crippen LogP contribution < -0.4 is 14.8 Å². The molecule has 0 spiro atoms. The Labute approximate surface area is 259 Å². The molecular formula is C33H55N3O7. The molecule has 0 aromatic heterocycles. The summed E-state index contributed by atoms with van der Waals surface area (Å²) in [6.07, 6.45) is 0.0623. The number of rotatable bonds is 18. The van der Waals surface area contributed by atoms with Crippen LogP contribution in [0.3, 0.4) is 0 Å². The lowest BCUT2D eigenvalue weighted by atomic mass is 9.90. The summed E-state index contributed by atoms with van der Waals surface area (Å²) in [5.74, 6) is 0.0596. The number of carbonyl (C=O) groups excluding carboxylic acids is 3. The molecule has 0 unspecified atom stereocenters. The molecule has 1 aromatic rings. The molecule has 2 amide bonds. The number of amides is 2. The maximum atomic E-state index is 14.0. The summed E-state index contributed by atoms with van der Waals surface area (Å²) >= 11 is 0. The van der Waals surface area contributed by atoms with Gasteiger partial charge in [0.1, 0.15) is 30.2 Å². The third kappa shape index (κ3) is 10.4. The second kappa shape index (κ2) is 17.8. The Morgan fingerprint density at radius 2 is 1.58 bits per heavy atom. The van der Waals surface area contributed by atoms with Crippen LogP contribution in [-0.4, -0.2) is 87.2 Å². The highest BCUT2D eigenvalue weighted by atomic mass is 16.5. The smallest absolute Gasteiger partial charge is 0.308 e. The van der Waals surface area contributed by atoms with Gasteiger partial charge in [0.2, 0.25) is 11.8 Å². The number of methoxy groups -OCH3 is 3. The first-order chi connectivity index (χ1) is 20.1. The van der Waals surface area contributed by atoms with Crippen LogP contribution >= 0.6 is 0 Å². The van der Waals surface area contributed by atoms with E-state index in [1.807, 2.05) is 60.4 Å². The quantitative estimate of drug-likeness (QED) is 0.241. The molecule has 0 radical (unpaired) electrons. The number of nitrogens with one attached hydrogen (secondary N) is 1. The maximum absolute atomic E-state index is 14.0. The average Bonchev–Trinajstić information content (AvgIpc) is 2.97. The lowest BCUT2D eigenvalue weighted by molar-refractivity contribution is -0.152. The summed E-state index contributed by atoms with van der Waals surface area (Å²) in [6.45, 7) is 17.6. The van der Waals surface area contributed by atoms with Crippen LogP contribution in [0.1, 0.15) is 66.9 Å². The van der Waals surface area contributed by atoms with Crippen molar-refractivity contribution in [2.24, 2.45) is 17.8 Å². The van der Waals surface area contributed by atoms with E-state index >= 15 is 0 Å². The minimum atomic E-state index is -0.768. The topological polar surface area (TPSA) is 107 Å². The van der Waals surface area contributed by atoms with Crippen LogP contribution in [-0.2, 0) is 30.5 Å². The highest BCUT2D eigenvalue weighted by Crippen LogP contribution is 2.27. The number of esters is 1. The monoisotopic (exact) mass is 605 g/mol. The number of ether oxygens (including phenoxy) is 4. The second-order valence-electron chi connectivity index (χ2n) is 11.9. The summed E-state index contributed by atoms with van der Waals surface area (Å²) < 4.78 is 22.1. The van der Waals surface area contributed by atoms with Crippen LogP contribution in [0.15, 0.2) is 30.5 Å². The first-order valence-corrected chi connectivity index (χ1v) is 15.0. The second-order valence-corrected chi connectivity index (χ2v) is 11.9. The van der Waals surface area contributed by atoms with E-state index in [4.69, 9.17) is 18.9 Å².